The number of nitrogens with zero attached hydrogens (tertiary/aromatic N) is 4. The Labute approximate surface area is 191 Å². The summed E-state index contributed by atoms with van der Waals surface area (Å²) < 4.78 is 45.9. The van der Waals surface area contributed by atoms with E-state index in [4.69, 9.17) is 16.3 Å². The Balaban J connectivity index is 1.60. The second-order valence-electron chi connectivity index (χ2n) is 7.97. The molecule has 0 unspecified atom stereocenters. The zero-order valence-corrected chi connectivity index (χ0v) is 19.2. The molecule has 2 heterocycles. The van der Waals surface area contributed by atoms with Crippen LogP contribution >= 0.6 is 11.6 Å². The average molecular weight is 485 g/mol. The lowest BCUT2D eigenvalue weighted by Crippen LogP contribution is -2.50. The Kier molecular flexibility index (Phi) is 7.02. The fourth-order valence-electron chi connectivity index (χ4n) is 3.79. The van der Waals surface area contributed by atoms with Gasteiger partial charge < -0.3 is 9.64 Å². The van der Waals surface area contributed by atoms with Crippen molar-refractivity contribution in [2.24, 2.45) is 0 Å². The quantitative estimate of drug-likeness (QED) is 0.572. The summed E-state index contributed by atoms with van der Waals surface area (Å²) in [5.74, 6) is 0.0231. The Morgan fingerprint density at radius 1 is 1.19 bits per heavy atom. The summed E-state index contributed by atoms with van der Waals surface area (Å²) in [4.78, 5) is 15.2. The highest BCUT2D eigenvalue weighted by molar-refractivity contribution is 7.89. The smallest absolute Gasteiger partial charge is 0.316 e. The standard InChI is InChI=1S/C21H26ClFN4O4S/c22-16-4-1-5-17(14-16)27-21(28)20(31-18-6-2-7-18)19(15-24-27)25-9-11-26(12-10-25)32(29,30)13-3-8-23/h1,4-5,14-15,18H,2-3,6-13H2. The van der Waals surface area contributed by atoms with Crippen molar-refractivity contribution in [3.05, 3.63) is 45.8 Å². The number of anilines is 1. The first kappa shape index (κ1) is 23.0. The van der Waals surface area contributed by atoms with Gasteiger partial charge in [-0.15, -0.1) is 0 Å². The third kappa shape index (κ3) is 4.92. The third-order valence-corrected chi connectivity index (χ3v) is 8.00. The molecule has 0 bridgehead atoms. The predicted octanol–water partition coefficient (Wildman–Crippen LogP) is 2.63. The van der Waals surface area contributed by atoms with Crippen molar-refractivity contribution in [2.75, 3.05) is 43.5 Å². The molecule has 1 saturated carbocycles. The van der Waals surface area contributed by atoms with E-state index >= 15 is 0 Å². The van der Waals surface area contributed by atoms with Gasteiger partial charge in [0.05, 0.1) is 30.4 Å². The summed E-state index contributed by atoms with van der Waals surface area (Å²) in [6, 6.07) is 6.87. The van der Waals surface area contributed by atoms with Crippen LogP contribution in [-0.2, 0) is 10.0 Å². The van der Waals surface area contributed by atoms with Gasteiger partial charge in [0, 0.05) is 31.2 Å². The molecule has 2 aliphatic rings. The summed E-state index contributed by atoms with van der Waals surface area (Å²) in [7, 11) is -3.49. The van der Waals surface area contributed by atoms with Crippen LogP contribution in [0.25, 0.3) is 5.69 Å². The average Bonchev–Trinajstić information content (AvgIpc) is 2.75. The third-order valence-electron chi connectivity index (χ3n) is 5.81. The van der Waals surface area contributed by atoms with Crippen molar-refractivity contribution in [2.45, 2.75) is 31.8 Å². The van der Waals surface area contributed by atoms with Crippen molar-refractivity contribution < 1.29 is 17.5 Å². The van der Waals surface area contributed by atoms with E-state index in [-0.39, 0.29) is 42.7 Å². The summed E-state index contributed by atoms with van der Waals surface area (Å²) >= 11 is 6.08. The lowest BCUT2D eigenvalue weighted by atomic mass is 9.96. The minimum atomic E-state index is -3.49. The molecule has 1 saturated heterocycles. The predicted molar refractivity (Wildman–Crippen MR) is 121 cm³/mol. The van der Waals surface area contributed by atoms with E-state index in [9.17, 15) is 17.6 Å². The summed E-state index contributed by atoms with van der Waals surface area (Å²) in [6.07, 6.45) is 4.40. The number of hydrogen-bond donors (Lipinski definition) is 0. The van der Waals surface area contributed by atoms with E-state index in [1.54, 1.807) is 30.5 Å². The molecule has 4 rings (SSSR count). The monoisotopic (exact) mass is 484 g/mol. The van der Waals surface area contributed by atoms with Crippen molar-refractivity contribution >= 4 is 27.3 Å². The Bertz CT molecular complexity index is 1120. The molecule has 8 nitrogen and oxygen atoms in total. The highest BCUT2D eigenvalue weighted by Gasteiger charge is 2.30. The minimum Gasteiger partial charge on any atom is -0.483 e. The molecule has 2 aromatic rings. The van der Waals surface area contributed by atoms with Gasteiger partial charge in [0.1, 0.15) is 5.69 Å². The van der Waals surface area contributed by atoms with Crippen molar-refractivity contribution in [3.8, 4) is 11.4 Å². The normalized spacial score (nSPS) is 17.9. The van der Waals surface area contributed by atoms with E-state index in [2.05, 4.69) is 5.10 Å². The molecule has 174 valence electrons. The van der Waals surface area contributed by atoms with Crippen molar-refractivity contribution in [1.82, 2.24) is 14.1 Å². The summed E-state index contributed by atoms with van der Waals surface area (Å²) in [5, 5.41) is 4.83. The molecule has 0 spiro atoms. The molecule has 0 atom stereocenters. The second kappa shape index (κ2) is 9.76. The summed E-state index contributed by atoms with van der Waals surface area (Å²) in [5.41, 5.74) is 0.715. The number of sulfonamides is 1. The lowest BCUT2D eigenvalue weighted by Gasteiger charge is -2.36. The van der Waals surface area contributed by atoms with Gasteiger partial charge in [0.2, 0.25) is 15.8 Å². The topological polar surface area (TPSA) is 84.7 Å². The molecule has 0 amide bonds. The molecule has 2 fully saturated rings. The number of alkyl halides is 1. The van der Waals surface area contributed by atoms with E-state index < -0.39 is 16.7 Å². The Morgan fingerprint density at radius 2 is 1.94 bits per heavy atom. The molecule has 1 aliphatic heterocycles. The molecular formula is C21H26ClFN4O4S. The maximum Gasteiger partial charge on any atom is 0.316 e. The van der Waals surface area contributed by atoms with Crippen LogP contribution in [0.4, 0.5) is 10.1 Å². The molecule has 0 N–H and O–H groups in total. The molecular weight excluding hydrogens is 459 g/mol. The number of aromatic nitrogens is 2. The van der Waals surface area contributed by atoms with Crippen LogP contribution in [0.5, 0.6) is 5.75 Å². The van der Waals surface area contributed by atoms with E-state index in [1.807, 2.05) is 4.90 Å². The number of rotatable bonds is 8. The van der Waals surface area contributed by atoms with Crippen LogP contribution in [0.15, 0.2) is 35.3 Å². The fraction of sp³-hybridized carbons (Fsp3) is 0.524. The van der Waals surface area contributed by atoms with Crippen molar-refractivity contribution in [1.29, 1.82) is 0 Å². The molecule has 0 radical (unpaired) electrons. The van der Waals surface area contributed by atoms with Gasteiger partial charge in [0.15, 0.2) is 0 Å². The highest BCUT2D eigenvalue weighted by Crippen LogP contribution is 2.31. The SMILES string of the molecule is O=c1c(OC2CCC2)c(N2CCN(S(=O)(=O)CCCF)CC2)cnn1-c1cccc(Cl)c1. The molecule has 1 aliphatic carbocycles. The van der Waals surface area contributed by atoms with E-state index in [1.165, 1.54) is 8.99 Å². The molecule has 32 heavy (non-hydrogen) atoms. The Hall–Kier alpha value is -2.17. The number of ether oxygens (including phenoxy) is 1. The fourth-order valence-corrected chi connectivity index (χ4v) is 5.42. The number of hydrogen-bond acceptors (Lipinski definition) is 6. The molecule has 11 heteroatoms. The van der Waals surface area contributed by atoms with Crippen LogP contribution in [0.1, 0.15) is 25.7 Å². The maximum absolute atomic E-state index is 13.3. The van der Waals surface area contributed by atoms with Gasteiger partial charge in [0.25, 0.3) is 0 Å². The van der Waals surface area contributed by atoms with Crippen LogP contribution in [-0.4, -0.2) is 67.2 Å². The van der Waals surface area contributed by atoms with Crippen LogP contribution in [0, 0.1) is 0 Å². The van der Waals surface area contributed by atoms with Gasteiger partial charge in [-0.3, -0.25) is 9.18 Å². The second-order valence-corrected chi connectivity index (χ2v) is 10.5. The summed E-state index contributed by atoms with van der Waals surface area (Å²) in [6.45, 7) is 0.635. The first-order chi connectivity index (χ1) is 15.4. The maximum atomic E-state index is 13.3. The van der Waals surface area contributed by atoms with Gasteiger partial charge >= 0.3 is 5.56 Å². The van der Waals surface area contributed by atoms with E-state index in [0.29, 0.717) is 29.5 Å². The van der Waals surface area contributed by atoms with Gasteiger partial charge in [-0.1, -0.05) is 17.7 Å². The van der Waals surface area contributed by atoms with E-state index in [0.717, 1.165) is 19.3 Å². The number of benzene rings is 1. The zero-order valence-electron chi connectivity index (χ0n) is 17.6. The molecule has 1 aromatic heterocycles. The zero-order chi connectivity index (χ0) is 22.7. The first-order valence-corrected chi connectivity index (χ1v) is 12.7. The van der Waals surface area contributed by atoms with Gasteiger partial charge in [-0.25, -0.2) is 8.42 Å². The van der Waals surface area contributed by atoms with Crippen LogP contribution < -0.4 is 15.2 Å². The highest BCUT2D eigenvalue weighted by atomic mass is 35.5. The Morgan fingerprint density at radius 3 is 2.56 bits per heavy atom. The van der Waals surface area contributed by atoms with Crippen LogP contribution in [0.3, 0.4) is 0 Å². The first-order valence-electron chi connectivity index (χ1n) is 10.7. The number of piperazine rings is 1. The van der Waals surface area contributed by atoms with Crippen LogP contribution in [0.2, 0.25) is 5.02 Å². The van der Waals surface area contributed by atoms with Gasteiger partial charge in [-0.05, 0) is 43.9 Å². The number of halogens is 2. The minimum absolute atomic E-state index is 0.00638. The van der Waals surface area contributed by atoms with Gasteiger partial charge in [-0.2, -0.15) is 14.1 Å². The lowest BCUT2D eigenvalue weighted by molar-refractivity contribution is 0.118. The largest absolute Gasteiger partial charge is 0.483 e. The van der Waals surface area contributed by atoms with Crippen molar-refractivity contribution in [3.63, 3.8) is 0 Å². The molecule has 1 aromatic carbocycles.